The fraction of sp³-hybridized carbons (Fsp3) is 0.750. The van der Waals surface area contributed by atoms with Crippen LogP contribution in [-0.4, -0.2) is 56.6 Å². The molecule has 1 amide bonds. The molecule has 0 aromatic carbocycles. The van der Waals surface area contributed by atoms with E-state index >= 15 is 0 Å². The first-order chi connectivity index (χ1) is 10.5. The average Bonchev–Trinajstić information content (AvgIpc) is 3.08. The van der Waals surface area contributed by atoms with Crippen molar-refractivity contribution < 1.29 is 14.6 Å². The van der Waals surface area contributed by atoms with Gasteiger partial charge in [0.25, 0.3) is 5.91 Å². The Bertz CT molecular complexity index is 551. The van der Waals surface area contributed by atoms with Gasteiger partial charge in [-0.05, 0) is 13.3 Å². The van der Waals surface area contributed by atoms with Gasteiger partial charge in [-0.1, -0.05) is 19.8 Å². The van der Waals surface area contributed by atoms with E-state index in [4.69, 9.17) is 4.74 Å². The zero-order valence-corrected chi connectivity index (χ0v) is 13.4. The molecule has 3 rings (SSSR count). The first-order valence-electron chi connectivity index (χ1n) is 8.17. The number of aromatic nitrogens is 2. The SMILES string of the molecule is CCCCC1(O)COC2(CN(C(=O)c3cnn(CC)c3)C2)C1. The summed E-state index contributed by atoms with van der Waals surface area (Å²) in [5.74, 6) is -0.00192. The van der Waals surface area contributed by atoms with Crippen LogP contribution in [0.2, 0.25) is 0 Å². The summed E-state index contributed by atoms with van der Waals surface area (Å²) in [6.07, 6.45) is 6.89. The van der Waals surface area contributed by atoms with Gasteiger partial charge in [0.15, 0.2) is 0 Å². The highest BCUT2D eigenvalue weighted by atomic mass is 16.5. The van der Waals surface area contributed by atoms with Crippen molar-refractivity contribution in [2.45, 2.75) is 57.3 Å². The van der Waals surface area contributed by atoms with Gasteiger partial charge < -0.3 is 14.7 Å². The zero-order valence-electron chi connectivity index (χ0n) is 13.4. The summed E-state index contributed by atoms with van der Waals surface area (Å²) >= 11 is 0. The molecule has 0 bridgehead atoms. The number of unbranched alkanes of at least 4 members (excludes halogenated alkanes) is 1. The standard InChI is InChI=1S/C16H25N3O3/c1-3-5-6-15(21)9-16(22-12-15)10-18(11-16)14(20)13-7-17-19(4-2)8-13/h7-8,21H,3-6,9-12H2,1-2H3. The van der Waals surface area contributed by atoms with E-state index in [-0.39, 0.29) is 11.5 Å². The molecule has 2 fully saturated rings. The van der Waals surface area contributed by atoms with Crippen molar-refractivity contribution in [2.75, 3.05) is 19.7 Å². The molecule has 1 atom stereocenters. The third kappa shape index (κ3) is 2.77. The lowest BCUT2D eigenvalue weighted by Gasteiger charge is -2.47. The average molecular weight is 307 g/mol. The van der Waals surface area contributed by atoms with E-state index in [0.29, 0.717) is 31.7 Å². The molecule has 6 nitrogen and oxygen atoms in total. The van der Waals surface area contributed by atoms with Gasteiger partial charge in [0.1, 0.15) is 5.60 Å². The first-order valence-corrected chi connectivity index (χ1v) is 8.17. The molecular formula is C16H25N3O3. The van der Waals surface area contributed by atoms with Gasteiger partial charge >= 0.3 is 0 Å². The maximum atomic E-state index is 12.4. The maximum Gasteiger partial charge on any atom is 0.257 e. The molecule has 0 aliphatic carbocycles. The molecule has 1 N–H and O–H groups in total. The highest BCUT2D eigenvalue weighted by Crippen LogP contribution is 2.42. The van der Waals surface area contributed by atoms with Crippen LogP contribution in [0, 0.1) is 0 Å². The molecule has 1 spiro atoms. The van der Waals surface area contributed by atoms with E-state index in [9.17, 15) is 9.90 Å². The number of nitrogens with zero attached hydrogens (tertiary/aromatic N) is 3. The van der Waals surface area contributed by atoms with Gasteiger partial charge in [0.2, 0.25) is 0 Å². The van der Waals surface area contributed by atoms with Gasteiger partial charge in [0, 0.05) is 19.2 Å². The Balaban J connectivity index is 1.56. The summed E-state index contributed by atoms with van der Waals surface area (Å²) in [6.45, 7) is 6.39. The number of aryl methyl sites for hydroxylation is 1. The van der Waals surface area contributed by atoms with Crippen LogP contribution in [0.5, 0.6) is 0 Å². The van der Waals surface area contributed by atoms with E-state index in [0.717, 1.165) is 25.8 Å². The van der Waals surface area contributed by atoms with E-state index in [1.807, 2.05) is 6.92 Å². The summed E-state index contributed by atoms with van der Waals surface area (Å²) in [5.41, 5.74) is -0.423. The monoisotopic (exact) mass is 307 g/mol. The summed E-state index contributed by atoms with van der Waals surface area (Å²) in [6, 6.07) is 0. The summed E-state index contributed by atoms with van der Waals surface area (Å²) < 4.78 is 7.62. The number of hydrogen-bond acceptors (Lipinski definition) is 4. The summed E-state index contributed by atoms with van der Waals surface area (Å²) in [4.78, 5) is 14.2. The number of aliphatic hydroxyl groups is 1. The van der Waals surface area contributed by atoms with E-state index in [1.54, 1.807) is 22.0 Å². The van der Waals surface area contributed by atoms with Crippen molar-refractivity contribution in [3.05, 3.63) is 18.0 Å². The van der Waals surface area contributed by atoms with Crippen LogP contribution >= 0.6 is 0 Å². The lowest BCUT2D eigenvalue weighted by molar-refractivity contribution is -0.0956. The van der Waals surface area contributed by atoms with Crippen molar-refractivity contribution in [2.24, 2.45) is 0 Å². The third-order valence-corrected chi connectivity index (χ3v) is 4.74. The second kappa shape index (κ2) is 5.66. The molecule has 0 saturated carbocycles. The minimum absolute atomic E-state index is 0.00192. The highest BCUT2D eigenvalue weighted by Gasteiger charge is 2.56. The molecule has 1 aromatic heterocycles. The van der Waals surface area contributed by atoms with E-state index in [2.05, 4.69) is 12.0 Å². The molecule has 1 unspecified atom stereocenters. The van der Waals surface area contributed by atoms with Crippen molar-refractivity contribution in [1.29, 1.82) is 0 Å². The van der Waals surface area contributed by atoms with Crippen molar-refractivity contribution in [3.8, 4) is 0 Å². The number of hydrogen-bond donors (Lipinski definition) is 1. The molecular weight excluding hydrogens is 282 g/mol. The Morgan fingerprint density at radius 3 is 2.86 bits per heavy atom. The lowest BCUT2D eigenvalue weighted by Crippen LogP contribution is -2.63. The predicted molar refractivity (Wildman–Crippen MR) is 81.6 cm³/mol. The predicted octanol–water partition coefficient (Wildman–Crippen LogP) is 1.44. The van der Waals surface area contributed by atoms with E-state index < -0.39 is 5.60 Å². The Hall–Kier alpha value is -1.40. The Kier molecular flexibility index (Phi) is 3.99. The van der Waals surface area contributed by atoms with Gasteiger partial charge in [0.05, 0.1) is 37.1 Å². The molecule has 6 heteroatoms. The molecule has 2 aliphatic heterocycles. The summed E-state index contributed by atoms with van der Waals surface area (Å²) in [7, 11) is 0. The van der Waals surface area contributed by atoms with Crippen LogP contribution in [0.25, 0.3) is 0 Å². The molecule has 22 heavy (non-hydrogen) atoms. The third-order valence-electron chi connectivity index (χ3n) is 4.74. The first kappa shape index (κ1) is 15.5. The Morgan fingerprint density at radius 2 is 2.23 bits per heavy atom. The minimum Gasteiger partial charge on any atom is -0.387 e. The summed E-state index contributed by atoms with van der Waals surface area (Å²) in [5, 5.41) is 14.7. The van der Waals surface area contributed by atoms with Crippen molar-refractivity contribution in [3.63, 3.8) is 0 Å². The lowest BCUT2D eigenvalue weighted by atomic mass is 9.82. The second-order valence-corrected chi connectivity index (χ2v) is 6.72. The molecule has 122 valence electrons. The quantitative estimate of drug-likeness (QED) is 0.894. The van der Waals surface area contributed by atoms with Crippen molar-refractivity contribution in [1.82, 2.24) is 14.7 Å². The topological polar surface area (TPSA) is 67.6 Å². The molecule has 2 aliphatic rings. The Labute approximate surface area is 131 Å². The van der Waals surface area contributed by atoms with Crippen LogP contribution in [0.3, 0.4) is 0 Å². The number of amides is 1. The van der Waals surface area contributed by atoms with Gasteiger partial charge in [-0.3, -0.25) is 9.48 Å². The normalized spacial score (nSPS) is 26.4. The zero-order chi connectivity index (χ0) is 15.8. The highest BCUT2D eigenvalue weighted by molar-refractivity contribution is 5.94. The van der Waals surface area contributed by atoms with Crippen LogP contribution < -0.4 is 0 Å². The van der Waals surface area contributed by atoms with Crippen LogP contribution in [0.1, 0.15) is 49.9 Å². The van der Waals surface area contributed by atoms with Crippen LogP contribution in [0.4, 0.5) is 0 Å². The maximum absolute atomic E-state index is 12.4. The number of likely N-dealkylation sites (tertiary alicyclic amines) is 1. The number of rotatable bonds is 5. The smallest absolute Gasteiger partial charge is 0.257 e. The molecule has 2 saturated heterocycles. The molecule has 0 radical (unpaired) electrons. The number of carbonyl (C=O) groups is 1. The molecule has 1 aromatic rings. The van der Waals surface area contributed by atoms with Crippen LogP contribution in [0.15, 0.2) is 12.4 Å². The van der Waals surface area contributed by atoms with Gasteiger partial charge in [-0.2, -0.15) is 5.10 Å². The van der Waals surface area contributed by atoms with Crippen LogP contribution in [-0.2, 0) is 11.3 Å². The largest absolute Gasteiger partial charge is 0.387 e. The Morgan fingerprint density at radius 1 is 1.45 bits per heavy atom. The fourth-order valence-corrected chi connectivity index (χ4v) is 3.48. The minimum atomic E-state index is -0.710. The second-order valence-electron chi connectivity index (χ2n) is 6.72. The number of carbonyl (C=O) groups excluding carboxylic acids is 1. The van der Waals surface area contributed by atoms with Gasteiger partial charge in [-0.15, -0.1) is 0 Å². The van der Waals surface area contributed by atoms with Crippen molar-refractivity contribution >= 4 is 5.91 Å². The van der Waals surface area contributed by atoms with Gasteiger partial charge in [-0.25, -0.2) is 0 Å². The molecule has 3 heterocycles. The number of ether oxygens (including phenoxy) is 1. The fourth-order valence-electron chi connectivity index (χ4n) is 3.48. The van der Waals surface area contributed by atoms with E-state index in [1.165, 1.54) is 0 Å².